The Bertz CT molecular complexity index is 1240. The Balaban J connectivity index is 1.46. The highest BCUT2D eigenvalue weighted by Gasteiger charge is 2.44. The number of carboxylic acid groups (broad SMARTS) is 1. The molecule has 1 aliphatic carbocycles. The summed E-state index contributed by atoms with van der Waals surface area (Å²) in [4.78, 5) is 36.5. The van der Waals surface area contributed by atoms with Crippen molar-refractivity contribution < 1.29 is 24.2 Å². The number of halogens is 1. The van der Waals surface area contributed by atoms with Crippen LogP contribution in [0.4, 0.5) is 16.2 Å². The summed E-state index contributed by atoms with van der Waals surface area (Å²) < 4.78 is 5.39. The molecule has 1 atom stereocenters. The molecule has 0 fully saturated rings. The van der Waals surface area contributed by atoms with Gasteiger partial charge in [0.05, 0.1) is 6.42 Å². The van der Waals surface area contributed by atoms with E-state index in [0.717, 1.165) is 16.7 Å². The molecule has 174 valence electrons. The lowest BCUT2D eigenvalue weighted by molar-refractivity contribution is -0.142. The molecule has 3 N–H and O–H groups in total. The van der Waals surface area contributed by atoms with Crippen molar-refractivity contribution >= 4 is 40.8 Å². The van der Waals surface area contributed by atoms with Gasteiger partial charge >= 0.3 is 12.0 Å². The second-order valence-electron chi connectivity index (χ2n) is 8.13. The molecule has 0 heterocycles. The monoisotopic (exact) mass is 478 g/mol. The highest BCUT2D eigenvalue weighted by atomic mass is 35.5. The number of ether oxygens (including phenoxy) is 1. The van der Waals surface area contributed by atoms with Crippen LogP contribution in [-0.2, 0) is 16.0 Å². The zero-order chi connectivity index (χ0) is 24.3. The third-order valence-electron chi connectivity index (χ3n) is 5.97. The Kier molecular flexibility index (Phi) is 6.68. The van der Waals surface area contributed by atoms with Gasteiger partial charge in [-0.3, -0.25) is 9.59 Å². The molecule has 34 heavy (non-hydrogen) atoms. The summed E-state index contributed by atoms with van der Waals surface area (Å²) in [5.41, 5.74) is 3.14. The quantitative estimate of drug-likeness (QED) is 0.425. The lowest BCUT2D eigenvalue weighted by atomic mass is 9.76. The first kappa shape index (κ1) is 23.5. The van der Waals surface area contributed by atoms with Crippen LogP contribution >= 0.6 is 11.6 Å². The minimum atomic E-state index is -1.32. The number of benzene rings is 3. The van der Waals surface area contributed by atoms with Crippen LogP contribution in [0.1, 0.15) is 28.8 Å². The number of anilines is 2. The van der Waals surface area contributed by atoms with E-state index >= 15 is 0 Å². The van der Waals surface area contributed by atoms with Crippen LogP contribution in [0.2, 0.25) is 5.02 Å². The molecule has 0 saturated heterocycles. The van der Waals surface area contributed by atoms with Crippen LogP contribution < -0.4 is 10.6 Å². The van der Waals surface area contributed by atoms with E-state index in [9.17, 15) is 19.5 Å². The van der Waals surface area contributed by atoms with Crippen molar-refractivity contribution in [3.05, 3.63) is 82.9 Å². The normalized spacial score (nSPS) is 17.1. The third-order valence-corrected chi connectivity index (χ3v) is 6.22. The number of rotatable bonds is 6. The number of aliphatic carboxylic acids is 1. The number of carbonyl (C=O) groups excluding carboxylic acids is 2. The summed E-state index contributed by atoms with van der Waals surface area (Å²) in [5, 5.41) is 15.3. The summed E-state index contributed by atoms with van der Waals surface area (Å²) >= 11 is 5.85. The lowest BCUT2D eigenvalue weighted by Gasteiger charge is -2.34. The van der Waals surface area contributed by atoms with Gasteiger partial charge in [-0.15, -0.1) is 0 Å². The molecule has 2 amide bonds. The number of Topliss-reactive ketones (excluding diaryl/α,β-unsaturated/α-hetero) is 1. The third kappa shape index (κ3) is 4.95. The maximum absolute atomic E-state index is 13.0. The smallest absolute Gasteiger partial charge is 0.323 e. The van der Waals surface area contributed by atoms with E-state index in [1.807, 2.05) is 24.3 Å². The van der Waals surface area contributed by atoms with Crippen molar-refractivity contribution in [2.45, 2.75) is 24.9 Å². The molecule has 3 aromatic rings. The van der Waals surface area contributed by atoms with Gasteiger partial charge < -0.3 is 20.5 Å². The van der Waals surface area contributed by atoms with Crippen LogP contribution in [0.25, 0.3) is 11.1 Å². The number of amides is 2. The van der Waals surface area contributed by atoms with Gasteiger partial charge in [0.15, 0.2) is 5.78 Å². The van der Waals surface area contributed by atoms with Crippen molar-refractivity contribution in [3.8, 4) is 11.1 Å². The van der Waals surface area contributed by atoms with E-state index in [1.54, 1.807) is 42.5 Å². The van der Waals surface area contributed by atoms with Gasteiger partial charge in [0, 0.05) is 29.1 Å². The fourth-order valence-electron chi connectivity index (χ4n) is 4.15. The average Bonchev–Trinajstić information content (AvgIpc) is 2.82. The van der Waals surface area contributed by atoms with Crippen LogP contribution in [-0.4, -0.2) is 35.6 Å². The average molecular weight is 479 g/mol. The largest absolute Gasteiger partial charge is 0.481 e. The first-order valence-electron chi connectivity index (χ1n) is 10.7. The molecule has 0 unspecified atom stereocenters. The molecule has 4 rings (SSSR count). The number of urea groups is 1. The topological polar surface area (TPSA) is 105 Å². The molecular weight excluding hydrogens is 456 g/mol. The fourth-order valence-corrected chi connectivity index (χ4v) is 4.28. The van der Waals surface area contributed by atoms with Crippen molar-refractivity contribution in [2.24, 2.45) is 0 Å². The van der Waals surface area contributed by atoms with Gasteiger partial charge in [0.2, 0.25) is 0 Å². The maximum atomic E-state index is 13.0. The van der Waals surface area contributed by atoms with E-state index < -0.39 is 11.6 Å². The van der Waals surface area contributed by atoms with E-state index in [-0.39, 0.29) is 18.2 Å². The molecule has 0 aliphatic heterocycles. The fraction of sp³-hybridized carbons (Fsp3) is 0.192. The highest BCUT2D eigenvalue weighted by Crippen LogP contribution is 2.36. The van der Waals surface area contributed by atoms with Crippen molar-refractivity contribution in [2.75, 3.05) is 17.7 Å². The molecule has 0 bridgehead atoms. The maximum Gasteiger partial charge on any atom is 0.323 e. The second kappa shape index (κ2) is 9.67. The number of carbonyl (C=O) groups is 3. The number of nitrogens with one attached hydrogen (secondary N) is 2. The standard InChI is InChI=1S/C26H23ClN2O5/c1-34-26(15-23(30)31)13-12-18-14-17(4-11-22(18)24(26)32)16-2-7-20(8-3-16)28-25(33)29-21-9-5-19(27)6-10-21/h2-11,14H,12-13,15H2,1H3,(H,30,31)(H2,28,29,33)/t26-/m1/s1. The molecule has 3 aromatic carbocycles. The molecule has 7 nitrogen and oxygen atoms in total. The molecule has 0 radical (unpaired) electrons. The number of aryl methyl sites for hydroxylation is 1. The van der Waals surface area contributed by atoms with Gasteiger partial charge in [-0.05, 0) is 65.9 Å². The van der Waals surface area contributed by atoms with E-state index in [4.69, 9.17) is 16.3 Å². The SMILES string of the molecule is CO[C@@]1(CC(=O)O)CCc2cc(-c3ccc(NC(=O)Nc4ccc(Cl)cc4)cc3)ccc2C1=O. The number of methoxy groups -OCH3 is 1. The van der Waals surface area contributed by atoms with Gasteiger partial charge in [-0.2, -0.15) is 0 Å². The molecule has 0 spiro atoms. The van der Waals surface area contributed by atoms with E-state index in [1.165, 1.54) is 7.11 Å². The van der Waals surface area contributed by atoms with Crippen LogP contribution in [0.15, 0.2) is 66.7 Å². The number of carboxylic acids is 1. The van der Waals surface area contributed by atoms with Crippen LogP contribution in [0.3, 0.4) is 0 Å². The van der Waals surface area contributed by atoms with Gasteiger partial charge in [-0.1, -0.05) is 41.9 Å². The predicted molar refractivity (Wildman–Crippen MR) is 131 cm³/mol. The van der Waals surface area contributed by atoms with Crippen molar-refractivity contribution in [3.63, 3.8) is 0 Å². The molecular formula is C26H23ClN2O5. The number of fused-ring (bicyclic) bond motifs is 1. The zero-order valence-electron chi connectivity index (χ0n) is 18.4. The summed E-state index contributed by atoms with van der Waals surface area (Å²) in [6.07, 6.45) is 0.501. The van der Waals surface area contributed by atoms with Crippen LogP contribution in [0.5, 0.6) is 0 Å². The Morgan fingerprint density at radius 1 is 0.971 bits per heavy atom. The number of hydrogen-bond donors (Lipinski definition) is 3. The first-order chi connectivity index (χ1) is 16.3. The van der Waals surface area contributed by atoms with Crippen molar-refractivity contribution in [1.82, 2.24) is 0 Å². The molecule has 0 saturated carbocycles. The van der Waals surface area contributed by atoms with Crippen molar-refractivity contribution in [1.29, 1.82) is 0 Å². The summed E-state index contributed by atoms with van der Waals surface area (Å²) in [6.45, 7) is 0. The Labute approximate surface area is 201 Å². The van der Waals surface area contributed by atoms with E-state index in [2.05, 4.69) is 10.6 Å². The summed E-state index contributed by atoms with van der Waals surface area (Å²) in [6, 6.07) is 19.3. The van der Waals surface area contributed by atoms with Gasteiger partial charge in [-0.25, -0.2) is 4.79 Å². The van der Waals surface area contributed by atoms with Gasteiger partial charge in [0.25, 0.3) is 0 Å². The Morgan fingerprint density at radius 3 is 2.15 bits per heavy atom. The Morgan fingerprint density at radius 2 is 1.56 bits per heavy atom. The number of hydrogen-bond acceptors (Lipinski definition) is 4. The highest BCUT2D eigenvalue weighted by molar-refractivity contribution is 6.30. The zero-order valence-corrected chi connectivity index (χ0v) is 19.2. The minimum absolute atomic E-state index is 0.295. The lowest BCUT2D eigenvalue weighted by Crippen LogP contribution is -2.46. The molecule has 8 heteroatoms. The Hall–Kier alpha value is -3.68. The molecule has 0 aromatic heterocycles. The second-order valence-corrected chi connectivity index (χ2v) is 8.57. The predicted octanol–water partition coefficient (Wildman–Crippen LogP) is 5.64. The summed E-state index contributed by atoms with van der Waals surface area (Å²) in [7, 11) is 1.38. The summed E-state index contributed by atoms with van der Waals surface area (Å²) in [5.74, 6) is -1.36. The number of ketones is 1. The first-order valence-corrected chi connectivity index (χ1v) is 11.1. The van der Waals surface area contributed by atoms with Gasteiger partial charge in [0.1, 0.15) is 5.60 Å². The van der Waals surface area contributed by atoms with Crippen LogP contribution in [0, 0.1) is 0 Å². The molecule has 1 aliphatic rings. The minimum Gasteiger partial charge on any atom is -0.481 e. The van der Waals surface area contributed by atoms with E-state index in [0.29, 0.717) is 34.8 Å².